The fourth-order valence-electron chi connectivity index (χ4n) is 3.91. The Morgan fingerprint density at radius 1 is 0.882 bits per heavy atom. The molecule has 5 aromatic rings. The highest BCUT2D eigenvalue weighted by Crippen LogP contribution is 2.33. The fourth-order valence-corrected chi connectivity index (χ4v) is 3.91. The second-order valence-electron chi connectivity index (χ2n) is 7.66. The monoisotopic (exact) mass is 450 g/mol. The van der Waals surface area contributed by atoms with E-state index < -0.39 is 5.97 Å². The number of hydrogen-bond donors (Lipinski definition) is 2. The Balaban J connectivity index is 1.66. The number of carboxylic acid groups (broad SMARTS) is 1. The Hall–Kier alpha value is -4.91. The van der Waals surface area contributed by atoms with Crippen molar-refractivity contribution in [2.75, 3.05) is 5.32 Å². The zero-order valence-electron chi connectivity index (χ0n) is 17.8. The van der Waals surface area contributed by atoms with E-state index in [0.29, 0.717) is 28.1 Å². The number of benzene rings is 3. The molecule has 2 aromatic heterocycles. The van der Waals surface area contributed by atoms with Gasteiger partial charge in [0, 0.05) is 22.8 Å². The van der Waals surface area contributed by atoms with Gasteiger partial charge in [-0.3, -0.25) is 14.2 Å². The maximum absolute atomic E-state index is 12.9. The predicted octanol–water partition coefficient (Wildman–Crippen LogP) is 5.23. The van der Waals surface area contributed by atoms with Crippen molar-refractivity contribution in [1.29, 1.82) is 0 Å². The van der Waals surface area contributed by atoms with Gasteiger partial charge in [-0.05, 0) is 71.8 Å². The largest absolute Gasteiger partial charge is 0.478 e. The third-order valence-corrected chi connectivity index (χ3v) is 5.55. The van der Waals surface area contributed by atoms with E-state index in [2.05, 4.69) is 11.9 Å². The van der Waals surface area contributed by atoms with Crippen molar-refractivity contribution in [3.63, 3.8) is 0 Å². The molecule has 0 spiro atoms. The summed E-state index contributed by atoms with van der Waals surface area (Å²) in [5.74, 6) is -1.31. The van der Waals surface area contributed by atoms with E-state index in [-0.39, 0.29) is 17.0 Å². The van der Waals surface area contributed by atoms with Gasteiger partial charge in [0.15, 0.2) is 5.58 Å². The average molecular weight is 450 g/mol. The standard InChI is InChI=1S/C27H18N2O5/c1-2-24(30)28-19-8-10-20(11-9-19)29-25(31)14-13-23-26(29)21-15-18(7-12-22(21)34-23)16-3-5-17(6-4-16)27(32)33/h2-15H,1H2,(H,28,30)(H,32,33). The second-order valence-corrected chi connectivity index (χ2v) is 7.66. The number of carbonyl (C=O) groups is 2. The highest BCUT2D eigenvalue weighted by molar-refractivity contribution is 6.05. The molecule has 0 aliphatic carbocycles. The minimum atomic E-state index is -0.984. The van der Waals surface area contributed by atoms with E-state index in [9.17, 15) is 14.4 Å². The van der Waals surface area contributed by atoms with Crippen molar-refractivity contribution in [2.24, 2.45) is 0 Å². The van der Waals surface area contributed by atoms with Crippen molar-refractivity contribution >= 4 is 39.6 Å². The van der Waals surface area contributed by atoms with Crippen molar-refractivity contribution in [1.82, 2.24) is 4.57 Å². The molecule has 0 saturated carbocycles. The summed E-state index contributed by atoms with van der Waals surface area (Å²) >= 11 is 0. The fraction of sp³-hybridized carbons (Fsp3) is 0. The summed E-state index contributed by atoms with van der Waals surface area (Å²) in [6, 6.07) is 22.2. The van der Waals surface area contributed by atoms with Crippen LogP contribution in [0, 0.1) is 0 Å². The normalized spacial score (nSPS) is 10.9. The molecule has 2 heterocycles. The summed E-state index contributed by atoms with van der Waals surface area (Å²) in [4.78, 5) is 35.6. The Kier molecular flexibility index (Phi) is 5.07. The van der Waals surface area contributed by atoms with Gasteiger partial charge in [-0.25, -0.2) is 4.79 Å². The quantitative estimate of drug-likeness (QED) is 0.357. The summed E-state index contributed by atoms with van der Waals surface area (Å²) in [5, 5.41) is 12.6. The summed E-state index contributed by atoms with van der Waals surface area (Å²) in [6.45, 7) is 3.44. The van der Waals surface area contributed by atoms with Gasteiger partial charge in [-0.2, -0.15) is 0 Å². The smallest absolute Gasteiger partial charge is 0.335 e. The van der Waals surface area contributed by atoms with Gasteiger partial charge in [0.1, 0.15) is 11.1 Å². The van der Waals surface area contributed by atoms with Crippen molar-refractivity contribution in [3.8, 4) is 16.8 Å². The zero-order chi connectivity index (χ0) is 23.8. The van der Waals surface area contributed by atoms with E-state index >= 15 is 0 Å². The average Bonchev–Trinajstić information content (AvgIpc) is 3.22. The molecule has 5 rings (SSSR count). The maximum atomic E-state index is 12.9. The number of hydrogen-bond acceptors (Lipinski definition) is 4. The molecular weight excluding hydrogens is 432 g/mol. The minimum Gasteiger partial charge on any atom is -0.478 e. The van der Waals surface area contributed by atoms with E-state index in [1.165, 1.54) is 12.1 Å². The molecule has 7 nitrogen and oxygen atoms in total. The van der Waals surface area contributed by atoms with E-state index in [1.54, 1.807) is 59.2 Å². The van der Waals surface area contributed by atoms with Crippen LogP contribution >= 0.6 is 0 Å². The second kappa shape index (κ2) is 8.22. The van der Waals surface area contributed by atoms with Gasteiger partial charge in [0.2, 0.25) is 5.91 Å². The van der Waals surface area contributed by atoms with Crippen LogP contribution in [0.15, 0.2) is 101 Å². The van der Waals surface area contributed by atoms with Gasteiger partial charge < -0.3 is 14.8 Å². The highest BCUT2D eigenvalue weighted by atomic mass is 16.4. The molecule has 0 bridgehead atoms. The van der Waals surface area contributed by atoms with Crippen LogP contribution in [0.3, 0.4) is 0 Å². The van der Waals surface area contributed by atoms with Crippen LogP contribution in [0.2, 0.25) is 0 Å². The van der Waals surface area contributed by atoms with Gasteiger partial charge in [-0.1, -0.05) is 24.8 Å². The van der Waals surface area contributed by atoms with Crippen LogP contribution < -0.4 is 10.9 Å². The lowest BCUT2D eigenvalue weighted by Crippen LogP contribution is -2.17. The maximum Gasteiger partial charge on any atom is 0.335 e. The number of aromatic nitrogens is 1. The summed E-state index contributed by atoms with van der Waals surface area (Å²) in [5.41, 5.74) is 4.67. The zero-order valence-corrected chi connectivity index (χ0v) is 17.8. The Bertz CT molecular complexity index is 1640. The number of furan rings is 1. The van der Waals surface area contributed by atoms with E-state index in [1.807, 2.05) is 18.2 Å². The van der Waals surface area contributed by atoms with Crippen LogP contribution in [0.25, 0.3) is 38.9 Å². The number of rotatable bonds is 5. The van der Waals surface area contributed by atoms with Crippen molar-refractivity contribution < 1.29 is 19.1 Å². The number of nitrogens with one attached hydrogen (secondary N) is 1. The molecule has 0 fully saturated rings. The summed E-state index contributed by atoms with van der Waals surface area (Å²) in [6.07, 6.45) is 1.18. The number of aromatic carboxylic acids is 1. The molecular formula is C27H18N2O5. The highest BCUT2D eigenvalue weighted by Gasteiger charge is 2.15. The molecule has 0 aliphatic rings. The van der Waals surface area contributed by atoms with Crippen LogP contribution in [-0.4, -0.2) is 21.6 Å². The van der Waals surface area contributed by atoms with Gasteiger partial charge in [-0.15, -0.1) is 0 Å². The van der Waals surface area contributed by atoms with Crippen molar-refractivity contribution in [3.05, 3.63) is 107 Å². The predicted molar refractivity (Wildman–Crippen MR) is 131 cm³/mol. The first-order valence-electron chi connectivity index (χ1n) is 10.4. The Morgan fingerprint density at radius 3 is 2.24 bits per heavy atom. The Labute approximate surface area is 193 Å². The van der Waals surface area contributed by atoms with Crippen LogP contribution in [0.4, 0.5) is 5.69 Å². The van der Waals surface area contributed by atoms with Crippen LogP contribution in [-0.2, 0) is 4.79 Å². The molecule has 34 heavy (non-hydrogen) atoms. The van der Waals surface area contributed by atoms with Gasteiger partial charge in [0.25, 0.3) is 5.56 Å². The number of carboxylic acids is 1. The third kappa shape index (κ3) is 3.65. The molecule has 2 N–H and O–H groups in total. The lowest BCUT2D eigenvalue weighted by atomic mass is 10.0. The SMILES string of the molecule is C=CC(=O)Nc1ccc(-n2c(=O)ccc3oc4ccc(-c5ccc(C(=O)O)cc5)cc4c32)cc1. The number of nitrogens with zero attached hydrogens (tertiary/aromatic N) is 1. The first-order valence-corrected chi connectivity index (χ1v) is 10.4. The van der Waals surface area contributed by atoms with Gasteiger partial charge in [0.05, 0.1) is 5.56 Å². The number of fused-ring (bicyclic) bond motifs is 3. The summed E-state index contributed by atoms with van der Waals surface area (Å²) in [7, 11) is 0. The van der Waals surface area contributed by atoms with Crippen molar-refractivity contribution in [2.45, 2.75) is 0 Å². The first kappa shape index (κ1) is 21.0. The van der Waals surface area contributed by atoms with E-state index in [0.717, 1.165) is 16.5 Å². The summed E-state index contributed by atoms with van der Waals surface area (Å²) < 4.78 is 7.56. The number of carbonyl (C=O) groups excluding carboxylic acids is 1. The van der Waals surface area contributed by atoms with Gasteiger partial charge >= 0.3 is 5.97 Å². The number of anilines is 1. The molecule has 166 valence electrons. The number of pyridine rings is 1. The number of amides is 1. The third-order valence-electron chi connectivity index (χ3n) is 5.55. The topological polar surface area (TPSA) is 102 Å². The lowest BCUT2D eigenvalue weighted by Gasteiger charge is -2.09. The van der Waals surface area contributed by atoms with E-state index in [4.69, 9.17) is 9.52 Å². The molecule has 0 atom stereocenters. The van der Waals surface area contributed by atoms with Crippen LogP contribution in [0.1, 0.15) is 10.4 Å². The lowest BCUT2D eigenvalue weighted by molar-refractivity contribution is -0.111. The molecule has 0 aliphatic heterocycles. The molecule has 0 radical (unpaired) electrons. The molecule has 0 saturated heterocycles. The Morgan fingerprint density at radius 2 is 1.56 bits per heavy atom. The molecule has 0 unspecified atom stereocenters. The molecule has 7 heteroatoms. The van der Waals surface area contributed by atoms with Crippen LogP contribution in [0.5, 0.6) is 0 Å². The minimum absolute atomic E-state index is 0.208. The molecule has 3 aromatic carbocycles. The molecule has 1 amide bonds. The first-order chi connectivity index (χ1) is 16.4.